The van der Waals surface area contributed by atoms with Crippen LogP contribution in [0.25, 0.3) is 0 Å². The van der Waals surface area contributed by atoms with Crippen molar-refractivity contribution in [3.05, 3.63) is 33.8 Å². The normalized spacial score (nSPS) is 21.3. The summed E-state index contributed by atoms with van der Waals surface area (Å²) in [6.45, 7) is 4.01. The van der Waals surface area contributed by atoms with Crippen LogP contribution < -0.4 is 5.32 Å². The quantitative estimate of drug-likeness (QED) is 0.859. The maximum absolute atomic E-state index is 12.7. The van der Waals surface area contributed by atoms with Gasteiger partial charge in [-0.2, -0.15) is 0 Å². The fourth-order valence-corrected chi connectivity index (χ4v) is 3.67. The monoisotopic (exact) mass is 385 g/mol. The summed E-state index contributed by atoms with van der Waals surface area (Å²) in [6.07, 6.45) is 0.421. The van der Waals surface area contributed by atoms with Crippen LogP contribution in [0.1, 0.15) is 16.8 Å². The van der Waals surface area contributed by atoms with Crippen molar-refractivity contribution in [3.63, 3.8) is 0 Å². The van der Waals surface area contributed by atoms with E-state index in [1.165, 1.54) is 0 Å². The minimum absolute atomic E-state index is 0.0721. The Morgan fingerprint density at radius 3 is 2.36 bits per heavy atom. The molecule has 8 heteroatoms. The number of morpholine rings is 1. The van der Waals surface area contributed by atoms with Gasteiger partial charge in [0.05, 0.1) is 28.8 Å². The summed E-state index contributed by atoms with van der Waals surface area (Å²) in [5.74, 6) is -0.101. The summed E-state index contributed by atoms with van der Waals surface area (Å²) >= 11 is 12.2. The summed E-state index contributed by atoms with van der Waals surface area (Å²) in [4.78, 5) is 28.6. The van der Waals surface area contributed by atoms with Gasteiger partial charge in [-0.15, -0.1) is 0 Å². The number of carbonyl (C=O) groups is 2. The number of halogens is 2. The van der Waals surface area contributed by atoms with Crippen LogP contribution in [0.4, 0.5) is 0 Å². The van der Waals surface area contributed by atoms with Gasteiger partial charge < -0.3 is 19.9 Å². The fraction of sp³-hybridized carbons (Fsp3) is 0.529. The van der Waals surface area contributed by atoms with E-state index in [-0.39, 0.29) is 17.9 Å². The largest absolute Gasteiger partial charge is 0.378 e. The SMILES string of the molecule is O=C(CC1COCCN1)N1CCN(C(=O)c2c(Cl)cccc2Cl)CC1. The average Bonchev–Trinajstić information content (AvgIpc) is 2.62. The zero-order chi connectivity index (χ0) is 17.8. The van der Waals surface area contributed by atoms with Gasteiger partial charge in [-0.3, -0.25) is 9.59 Å². The molecule has 1 N–H and O–H groups in total. The molecule has 0 radical (unpaired) electrons. The molecule has 1 aromatic rings. The molecular formula is C17H21Cl2N3O3. The van der Waals surface area contributed by atoms with Crippen molar-refractivity contribution in [2.24, 2.45) is 0 Å². The molecular weight excluding hydrogens is 365 g/mol. The van der Waals surface area contributed by atoms with Crippen molar-refractivity contribution in [2.75, 3.05) is 45.9 Å². The molecule has 2 aliphatic rings. The van der Waals surface area contributed by atoms with E-state index >= 15 is 0 Å². The molecule has 2 saturated heterocycles. The third kappa shape index (κ3) is 4.44. The summed E-state index contributed by atoms with van der Waals surface area (Å²) in [5, 5.41) is 3.98. The molecule has 136 valence electrons. The molecule has 0 spiro atoms. The Morgan fingerprint density at radius 2 is 1.76 bits per heavy atom. The van der Waals surface area contributed by atoms with Crippen LogP contribution in [0.5, 0.6) is 0 Å². The lowest BCUT2D eigenvalue weighted by molar-refractivity contribution is -0.133. The van der Waals surface area contributed by atoms with Crippen molar-refractivity contribution >= 4 is 35.0 Å². The van der Waals surface area contributed by atoms with Crippen LogP contribution in [0.2, 0.25) is 10.0 Å². The topological polar surface area (TPSA) is 61.9 Å². The summed E-state index contributed by atoms with van der Waals surface area (Å²) < 4.78 is 5.38. The molecule has 0 aliphatic carbocycles. The Kier molecular flexibility index (Phi) is 6.17. The molecule has 0 saturated carbocycles. The Morgan fingerprint density at radius 1 is 1.12 bits per heavy atom. The molecule has 6 nitrogen and oxygen atoms in total. The highest BCUT2D eigenvalue weighted by Crippen LogP contribution is 2.26. The number of hydrogen-bond acceptors (Lipinski definition) is 4. The Bertz CT molecular complexity index is 622. The van der Waals surface area contributed by atoms with E-state index in [9.17, 15) is 9.59 Å². The van der Waals surface area contributed by atoms with Crippen LogP contribution in [0, 0.1) is 0 Å². The van der Waals surface area contributed by atoms with Crippen molar-refractivity contribution in [1.82, 2.24) is 15.1 Å². The lowest BCUT2D eigenvalue weighted by Gasteiger charge is -2.36. The maximum atomic E-state index is 12.7. The molecule has 2 aliphatic heterocycles. The smallest absolute Gasteiger partial charge is 0.257 e. The number of piperazine rings is 1. The van der Waals surface area contributed by atoms with Gasteiger partial charge in [-0.05, 0) is 12.1 Å². The highest BCUT2D eigenvalue weighted by atomic mass is 35.5. The van der Waals surface area contributed by atoms with Gasteiger partial charge >= 0.3 is 0 Å². The van der Waals surface area contributed by atoms with E-state index < -0.39 is 0 Å². The highest BCUT2D eigenvalue weighted by Gasteiger charge is 2.28. The number of amides is 2. The molecule has 1 atom stereocenters. The van der Waals surface area contributed by atoms with E-state index in [1.54, 1.807) is 28.0 Å². The first-order valence-electron chi connectivity index (χ1n) is 8.38. The van der Waals surface area contributed by atoms with Crippen molar-refractivity contribution in [1.29, 1.82) is 0 Å². The standard InChI is InChI=1S/C17H21Cl2N3O3/c18-13-2-1-3-14(19)16(13)17(24)22-7-5-21(6-8-22)15(23)10-12-11-25-9-4-20-12/h1-3,12,20H,4-11H2. The zero-order valence-corrected chi connectivity index (χ0v) is 15.4. The van der Waals surface area contributed by atoms with E-state index in [0.29, 0.717) is 61.4 Å². The van der Waals surface area contributed by atoms with Crippen LogP contribution in [0.15, 0.2) is 18.2 Å². The van der Waals surface area contributed by atoms with E-state index in [1.807, 2.05) is 0 Å². The number of ether oxygens (including phenoxy) is 1. The van der Waals surface area contributed by atoms with Gasteiger partial charge in [0.15, 0.2) is 0 Å². The van der Waals surface area contributed by atoms with Gasteiger partial charge in [0, 0.05) is 45.2 Å². The van der Waals surface area contributed by atoms with E-state index in [4.69, 9.17) is 27.9 Å². The van der Waals surface area contributed by atoms with Gasteiger partial charge in [0.25, 0.3) is 5.91 Å². The Hall–Kier alpha value is -1.34. The number of hydrogen-bond donors (Lipinski definition) is 1. The van der Waals surface area contributed by atoms with Gasteiger partial charge in [0.2, 0.25) is 5.91 Å². The van der Waals surface area contributed by atoms with E-state index in [0.717, 1.165) is 6.54 Å². The number of benzene rings is 1. The average molecular weight is 386 g/mol. The van der Waals surface area contributed by atoms with Gasteiger partial charge in [-0.1, -0.05) is 29.3 Å². The van der Waals surface area contributed by atoms with Crippen molar-refractivity contribution in [3.8, 4) is 0 Å². The van der Waals surface area contributed by atoms with Crippen LogP contribution in [-0.2, 0) is 9.53 Å². The molecule has 2 heterocycles. The highest BCUT2D eigenvalue weighted by molar-refractivity contribution is 6.39. The predicted molar refractivity (Wildman–Crippen MR) is 96.2 cm³/mol. The number of nitrogens with zero attached hydrogens (tertiary/aromatic N) is 2. The van der Waals surface area contributed by atoms with Crippen LogP contribution in [0.3, 0.4) is 0 Å². The summed E-state index contributed by atoms with van der Waals surface area (Å²) in [7, 11) is 0. The second kappa shape index (κ2) is 8.36. The zero-order valence-electron chi connectivity index (χ0n) is 13.8. The molecule has 0 bridgehead atoms. The summed E-state index contributed by atoms with van der Waals surface area (Å²) in [5.41, 5.74) is 0.328. The maximum Gasteiger partial charge on any atom is 0.257 e. The second-order valence-electron chi connectivity index (χ2n) is 6.20. The molecule has 1 unspecified atom stereocenters. The number of nitrogens with one attached hydrogen (secondary N) is 1. The lowest BCUT2D eigenvalue weighted by atomic mass is 10.1. The Balaban J connectivity index is 1.54. The van der Waals surface area contributed by atoms with Crippen molar-refractivity contribution < 1.29 is 14.3 Å². The third-order valence-corrected chi connectivity index (χ3v) is 5.15. The molecule has 0 aromatic heterocycles. The molecule has 2 amide bonds. The molecule has 3 rings (SSSR count). The van der Waals surface area contributed by atoms with Crippen molar-refractivity contribution in [2.45, 2.75) is 12.5 Å². The van der Waals surface area contributed by atoms with Gasteiger partial charge in [0.1, 0.15) is 0 Å². The minimum Gasteiger partial charge on any atom is -0.378 e. The summed E-state index contributed by atoms with van der Waals surface area (Å²) in [6, 6.07) is 5.09. The fourth-order valence-electron chi connectivity index (χ4n) is 3.11. The minimum atomic E-state index is -0.190. The van der Waals surface area contributed by atoms with E-state index in [2.05, 4.69) is 5.32 Å². The first kappa shape index (κ1) is 18.5. The number of rotatable bonds is 3. The first-order valence-corrected chi connectivity index (χ1v) is 9.14. The van der Waals surface area contributed by atoms with Crippen LogP contribution >= 0.6 is 23.2 Å². The second-order valence-corrected chi connectivity index (χ2v) is 7.01. The predicted octanol–water partition coefficient (Wildman–Crippen LogP) is 1.66. The van der Waals surface area contributed by atoms with Gasteiger partial charge in [-0.25, -0.2) is 0 Å². The first-order chi connectivity index (χ1) is 12.1. The molecule has 2 fully saturated rings. The molecule has 25 heavy (non-hydrogen) atoms. The Labute approximate surface area is 157 Å². The number of carbonyl (C=O) groups excluding carboxylic acids is 2. The third-order valence-electron chi connectivity index (χ3n) is 4.52. The lowest BCUT2D eigenvalue weighted by Crippen LogP contribution is -2.52. The van der Waals surface area contributed by atoms with Crippen LogP contribution in [-0.4, -0.2) is 73.6 Å². The molecule has 1 aromatic carbocycles.